The van der Waals surface area contributed by atoms with Crippen molar-refractivity contribution in [2.45, 2.75) is 37.0 Å². The van der Waals surface area contributed by atoms with Crippen LogP contribution in [0, 0.1) is 5.82 Å². The van der Waals surface area contributed by atoms with Crippen molar-refractivity contribution in [1.82, 2.24) is 15.1 Å². The molecule has 5 rings (SSSR count). The molecule has 1 unspecified atom stereocenters. The van der Waals surface area contributed by atoms with Crippen molar-refractivity contribution in [2.75, 3.05) is 26.3 Å². The number of hydrogen-bond acceptors (Lipinski definition) is 11. The molecule has 0 saturated carbocycles. The zero-order chi connectivity index (χ0) is 28.2. The minimum absolute atomic E-state index is 0.0676. The van der Waals surface area contributed by atoms with Gasteiger partial charge in [-0.25, -0.2) is 4.39 Å². The number of piperidine rings is 1. The van der Waals surface area contributed by atoms with Gasteiger partial charge < -0.3 is 35.0 Å². The fraction of sp³-hybridized carbons (Fsp3) is 0.400. The average molecular weight is 547 g/mol. The van der Waals surface area contributed by atoms with Gasteiger partial charge in [0, 0.05) is 36.3 Å². The fourth-order valence-corrected chi connectivity index (χ4v) is 4.86. The number of carbonyl (C=O) groups is 3. The molecule has 1 atom stereocenters. The maximum atomic E-state index is 14.6. The van der Waals surface area contributed by atoms with Crippen LogP contribution in [0.5, 0.6) is 5.75 Å². The molecule has 3 aliphatic heterocycles. The zero-order valence-corrected chi connectivity index (χ0v) is 20.5. The number of nitrogens with one attached hydrogen (secondary N) is 1. The SMILES string of the molecule is O=C1c2cccc(OCc3cc(CN4CCOCC4)ccc3F)c2CN1C1(O)C(=O)NC(=O)C(O)(O)C1(O)O. The number of benzene rings is 2. The van der Waals surface area contributed by atoms with Crippen LogP contribution < -0.4 is 10.1 Å². The van der Waals surface area contributed by atoms with Crippen LogP contribution in [0.1, 0.15) is 27.0 Å². The Hall–Kier alpha value is -3.50. The summed E-state index contributed by atoms with van der Waals surface area (Å²) in [6.45, 7) is 2.42. The summed E-state index contributed by atoms with van der Waals surface area (Å²) in [5, 5.41) is 53.0. The summed E-state index contributed by atoms with van der Waals surface area (Å²) in [6, 6.07) is 8.84. The molecular formula is C25H26FN3O10. The van der Waals surface area contributed by atoms with E-state index in [9.17, 15) is 44.3 Å². The number of hydrogen-bond donors (Lipinski definition) is 6. The molecule has 0 spiro atoms. The van der Waals surface area contributed by atoms with E-state index in [0.717, 1.165) is 18.7 Å². The Bertz CT molecular complexity index is 1340. The fourth-order valence-electron chi connectivity index (χ4n) is 4.86. The molecule has 3 heterocycles. The number of rotatable bonds is 6. The van der Waals surface area contributed by atoms with E-state index in [1.807, 2.05) is 0 Å². The van der Waals surface area contributed by atoms with Gasteiger partial charge in [-0.15, -0.1) is 0 Å². The third-order valence-electron chi connectivity index (χ3n) is 7.15. The van der Waals surface area contributed by atoms with Crippen molar-refractivity contribution >= 4 is 17.7 Å². The molecule has 3 aliphatic rings. The summed E-state index contributed by atoms with van der Waals surface area (Å²) in [7, 11) is 0. The van der Waals surface area contributed by atoms with E-state index >= 15 is 0 Å². The van der Waals surface area contributed by atoms with E-state index in [2.05, 4.69) is 4.90 Å². The van der Waals surface area contributed by atoms with Crippen LogP contribution in [-0.4, -0.2) is 96.7 Å². The molecule has 2 aromatic carbocycles. The highest BCUT2D eigenvalue weighted by Gasteiger charge is 2.76. The summed E-state index contributed by atoms with van der Waals surface area (Å²) in [5.41, 5.74) is -2.60. The number of ether oxygens (including phenoxy) is 2. The number of aliphatic hydroxyl groups is 5. The largest absolute Gasteiger partial charge is 0.488 e. The summed E-state index contributed by atoms with van der Waals surface area (Å²) in [5.74, 6) is -13.5. The third kappa shape index (κ3) is 4.26. The lowest BCUT2D eigenvalue weighted by atomic mass is 9.86. The summed E-state index contributed by atoms with van der Waals surface area (Å²) < 4.78 is 25.7. The van der Waals surface area contributed by atoms with Crippen molar-refractivity contribution in [2.24, 2.45) is 0 Å². The summed E-state index contributed by atoms with van der Waals surface area (Å²) >= 11 is 0. The molecule has 3 amide bonds. The van der Waals surface area contributed by atoms with Gasteiger partial charge in [-0.05, 0) is 29.8 Å². The standard InChI is InChI=1S/C25H26FN3O10/c26-18-5-4-14(11-28-6-8-38-9-7-28)10-15(18)13-39-19-3-1-2-16-17(19)12-29(20(16)30)23(33)21(31)27-22(32)24(34,35)25(23,36)37/h1-5,10,33-37H,6-9,11-13H2,(H,27,31,32). The van der Waals surface area contributed by atoms with Crippen molar-refractivity contribution < 1.29 is 53.8 Å². The number of fused-ring (bicyclic) bond motifs is 1. The molecule has 0 bridgehead atoms. The van der Waals surface area contributed by atoms with Crippen LogP contribution in [0.25, 0.3) is 0 Å². The number of morpholine rings is 1. The quantitative estimate of drug-likeness (QED) is 0.172. The monoisotopic (exact) mass is 547 g/mol. The molecule has 2 aromatic rings. The molecular weight excluding hydrogens is 521 g/mol. The maximum Gasteiger partial charge on any atom is 0.306 e. The Balaban J connectivity index is 1.38. The molecule has 2 fully saturated rings. The van der Waals surface area contributed by atoms with Crippen LogP contribution in [0.2, 0.25) is 0 Å². The number of halogens is 1. The van der Waals surface area contributed by atoms with Gasteiger partial charge in [0.1, 0.15) is 18.2 Å². The first-order valence-electron chi connectivity index (χ1n) is 12.0. The number of amides is 3. The molecule has 14 heteroatoms. The molecule has 13 nitrogen and oxygen atoms in total. The lowest BCUT2D eigenvalue weighted by Crippen LogP contribution is -2.85. The Morgan fingerprint density at radius 1 is 1.00 bits per heavy atom. The first-order chi connectivity index (χ1) is 18.4. The van der Waals surface area contributed by atoms with E-state index in [0.29, 0.717) is 19.8 Å². The van der Waals surface area contributed by atoms with E-state index in [1.165, 1.54) is 29.6 Å². The van der Waals surface area contributed by atoms with Crippen LogP contribution in [0.3, 0.4) is 0 Å². The van der Waals surface area contributed by atoms with Crippen LogP contribution in [0.4, 0.5) is 4.39 Å². The van der Waals surface area contributed by atoms with Crippen LogP contribution >= 0.6 is 0 Å². The zero-order valence-electron chi connectivity index (χ0n) is 20.5. The summed E-state index contributed by atoms with van der Waals surface area (Å²) in [4.78, 5) is 39.8. The molecule has 39 heavy (non-hydrogen) atoms. The highest BCUT2D eigenvalue weighted by Crippen LogP contribution is 2.42. The van der Waals surface area contributed by atoms with Gasteiger partial charge in [-0.2, -0.15) is 0 Å². The lowest BCUT2D eigenvalue weighted by molar-refractivity contribution is -0.407. The van der Waals surface area contributed by atoms with Gasteiger partial charge in [-0.1, -0.05) is 12.1 Å². The number of carbonyl (C=O) groups excluding carboxylic acids is 3. The number of nitrogens with zero attached hydrogens (tertiary/aromatic N) is 2. The smallest absolute Gasteiger partial charge is 0.306 e. The second kappa shape index (κ2) is 9.60. The van der Waals surface area contributed by atoms with Crippen molar-refractivity contribution in [3.8, 4) is 5.75 Å². The van der Waals surface area contributed by atoms with Crippen molar-refractivity contribution in [3.05, 3.63) is 64.5 Å². The van der Waals surface area contributed by atoms with E-state index in [4.69, 9.17) is 9.47 Å². The molecule has 0 radical (unpaired) electrons. The molecule has 6 N–H and O–H groups in total. The topological polar surface area (TPSA) is 189 Å². The number of imide groups is 1. The van der Waals surface area contributed by atoms with Crippen molar-refractivity contribution in [3.63, 3.8) is 0 Å². The first-order valence-corrected chi connectivity index (χ1v) is 12.0. The van der Waals surface area contributed by atoms with Crippen LogP contribution in [0.15, 0.2) is 36.4 Å². The maximum absolute atomic E-state index is 14.6. The van der Waals surface area contributed by atoms with Gasteiger partial charge in [0.15, 0.2) is 0 Å². The van der Waals surface area contributed by atoms with Gasteiger partial charge in [0.2, 0.25) is 0 Å². The van der Waals surface area contributed by atoms with E-state index in [-0.39, 0.29) is 33.9 Å². The minimum Gasteiger partial charge on any atom is -0.488 e. The van der Waals surface area contributed by atoms with Crippen LogP contribution in [-0.2, 0) is 34.0 Å². The van der Waals surface area contributed by atoms with Gasteiger partial charge in [0.25, 0.3) is 29.2 Å². The van der Waals surface area contributed by atoms with E-state index < -0.39 is 47.4 Å². The molecule has 0 aliphatic carbocycles. The molecule has 208 valence electrons. The van der Waals surface area contributed by atoms with Gasteiger partial charge in [0.05, 0.1) is 19.8 Å². The Morgan fingerprint density at radius 2 is 1.72 bits per heavy atom. The average Bonchev–Trinajstić information content (AvgIpc) is 3.25. The second-order valence-electron chi connectivity index (χ2n) is 9.58. The molecule has 0 aromatic heterocycles. The Morgan fingerprint density at radius 3 is 2.44 bits per heavy atom. The predicted molar refractivity (Wildman–Crippen MR) is 126 cm³/mol. The van der Waals surface area contributed by atoms with E-state index in [1.54, 1.807) is 12.1 Å². The normalized spacial score (nSPS) is 24.5. The van der Waals surface area contributed by atoms with Gasteiger partial charge in [-0.3, -0.25) is 29.5 Å². The second-order valence-corrected chi connectivity index (χ2v) is 9.58. The van der Waals surface area contributed by atoms with Crippen molar-refractivity contribution in [1.29, 1.82) is 0 Å². The predicted octanol–water partition coefficient (Wildman–Crippen LogP) is -2.10. The summed E-state index contributed by atoms with van der Waals surface area (Å²) in [6.07, 6.45) is 0. The minimum atomic E-state index is -4.21. The third-order valence-corrected chi connectivity index (χ3v) is 7.15. The highest BCUT2D eigenvalue weighted by molar-refractivity contribution is 6.10. The highest BCUT2D eigenvalue weighted by atomic mass is 19.1. The lowest BCUT2D eigenvalue weighted by Gasteiger charge is -2.50. The first kappa shape index (κ1) is 27.1. The Kier molecular flexibility index (Phi) is 6.67. The van der Waals surface area contributed by atoms with Gasteiger partial charge >= 0.3 is 5.79 Å². The molecule has 2 saturated heterocycles. The Labute approximate surface area is 220 Å².